The third-order valence-corrected chi connectivity index (χ3v) is 4.18. The number of hydrogen-bond acceptors (Lipinski definition) is 4. The highest BCUT2D eigenvalue weighted by molar-refractivity contribution is 5.89. The maximum absolute atomic E-state index is 14.2. The van der Waals surface area contributed by atoms with Crippen LogP contribution in [0.15, 0.2) is 18.2 Å². The first-order valence-electron chi connectivity index (χ1n) is 8.34. The normalized spacial score (nSPS) is 15.4. The second-order valence-corrected chi connectivity index (χ2v) is 6.21. The smallest absolute Gasteiger partial charge is 0.319 e. The van der Waals surface area contributed by atoms with Gasteiger partial charge in [0.1, 0.15) is 5.82 Å². The Morgan fingerprint density at radius 2 is 2.08 bits per heavy atom. The average molecular weight is 338 g/mol. The second-order valence-electron chi connectivity index (χ2n) is 6.21. The van der Waals surface area contributed by atoms with Crippen LogP contribution in [0.2, 0.25) is 0 Å². The number of halogens is 1. The number of rotatable bonds is 6. The highest BCUT2D eigenvalue weighted by Gasteiger charge is 2.13. The lowest BCUT2D eigenvalue weighted by atomic mass is 10.2. The summed E-state index contributed by atoms with van der Waals surface area (Å²) in [6.07, 6.45) is 0. The van der Waals surface area contributed by atoms with E-state index in [2.05, 4.69) is 15.5 Å². The number of nitrogens with zero attached hydrogens (tertiary/aromatic N) is 2. The van der Waals surface area contributed by atoms with Crippen molar-refractivity contribution in [3.63, 3.8) is 0 Å². The van der Waals surface area contributed by atoms with Crippen molar-refractivity contribution in [3.05, 3.63) is 24.0 Å². The first kappa shape index (κ1) is 18.5. The Labute approximate surface area is 142 Å². The zero-order valence-corrected chi connectivity index (χ0v) is 14.6. The Bertz CT molecular complexity index is 547. The number of carbonyl (C=O) groups is 1. The molecular formula is C17H27FN4O2. The third-order valence-electron chi connectivity index (χ3n) is 4.18. The van der Waals surface area contributed by atoms with Crippen LogP contribution >= 0.6 is 0 Å². The lowest BCUT2D eigenvalue weighted by Crippen LogP contribution is -2.42. The summed E-state index contributed by atoms with van der Waals surface area (Å²) in [4.78, 5) is 16.0. The van der Waals surface area contributed by atoms with Crippen molar-refractivity contribution in [1.29, 1.82) is 0 Å². The largest absolute Gasteiger partial charge is 0.379 e. The van der Waals surface area contributed by atoms with Gasteiger partial charge in [0, 0.05) is 45.0 Å². The van der Waals surface area contributed by atoms with Crippen LogP contribution in [0.5, 0.6) is 0 Å². The van der Waals surface area contributed by atoms with Gasteiger partial charge < -0.3 is 20.3 Å². The summed E-state index contributed by atoms with van der Waals surface area (Å²) in [5.74, 6) is -0.350. The van der Waals surface area contributed by atoms with Crippen LogP contribution < -0.4 is 15.5 Å². The maximum Gasteiger partial charge on any atom is 0.319 e. The van der Waals surface area contributed by atoms with Crippen LogP contribution in [-0.4, -0.2) is 63.4 Å². The quantitative estimate of drug-likeness (QED) is 0.834. The van der Waals surface area contributed by atoms with Crippen molar-refractivity contribution in [3.8, 4) is 0 Å². The van der Waals surface area contributed by atoms with Crippen molar-refractivity contribution in [2.75, 3.05) is 56.7 Å². The number of morpholine rings is 1. The van der Waals surface area contributed by atoms with E-state index >= 15 is 0 Å². The molecule has 7 heteroatoms. The molecule has 0 unspecified atom stereocenters. The lowest BCUT2D eigenvalue weighted by molar-refractivity contribution is 0.0388. The minimum atomic E-state index is -0.350. The van der Waals surface area contributed by atoms with Crippen molar-refractivity contribution in [2.24, 2.45) is 0 Å². The van der Waals surface area contributed by atoms with E-state index < -0.39 is 0 Å². The summed E-state index contributed by atoms with van der Waals surface area (Å²) in [5.41, 5.74) is 0.959. The fourth-order valence-electron chi connectivity index (χ4n) is 2.48. The van der Waals surface area contributed by atoms with Gasteiger partial charge in [-0.2, -0.15) is 0 Å². The van der Waals surface area contributed by atoms with Gasteiger partial charge >= 0.3 is 6.03 Å². The molecule has 1 aliphatic rings. The van der Waals surface area contributed by atoms with E-state index in [1.807, 2.05) is 25.8 Å². The van der Waals surface area contributed by atoms with Gasteiger partial charge in [0.25, 0.3) is 0 Å². The minimum absolute atomic E-state index is 0.196. The second kappa shape index (κ2) is 8.84. The summed E-state index contributed by atoms with van der Waals surface area (Å²) < 4.78 is 19.5. The van der Waals surface area contributed by atoms with Gasteiger partial charge in [-0.15, -0.1) is 0 Å². The highest BCUT2D eigenvalue weighted by atomic mass is 19.1. The molecule has 0 atom stereocenters. The van der Waals surface area contributed by atoms with E-state index in [-0.39, 0.29) is 17.9 Å². The van der Waals surface area contributed by atoms with Gasteiger partial charge in [-0.1, -0.05) is 0 Å². The molecule has 1 aromatic rings. The highest BCUT2D eigenvalue weighted by Crippen LogP contribution is 2.23. The van der Waals surface area contributed by atoms with E-state index in [9.17, 15) is 9.18 Å². The molecule has 1 saturated heterocycles. The fraction of sp³-hybridized carbons (Fsp3) is 0.588. The zero-order valence-electron chi connectivity index (χ0n) is 14.6. The number of carbonyl (C=O) groups excluding carboxylic acids is 1. The molecule has 1 aromatic carbocycles. The molecule has 134 valence electrons. The molecular weight excluding hydrogens is 311 g/mol. The maximum atomic E-state index is 14.2. The summed E-state index contributed by atoms with van der Waals surface area (Å²) in [7, 11) is 1.84. The lowest BCUT2D eigenvalue weighted by Gasteiger charge is -2.26. The van der Waals surface area contributed by atoms with Crippen molar-refractivity contribution in [2.45, 2.75) is 19.9 Å². The fourth-order valence-corrected chi connectivity index (χ4v) is 2.48. The number of benzene rings is 1. The number of anilines is 2. The Morgan fingerprint density at radius 1 is 1.38 bits per heavy atom. The van der Waals surface area contributed by atoms with Gasteiger partial charge in [-0.3, -0.25) is 4.90 Å². The predicted molar refractivity (Wildman–Crippen MR) is 94.2 cm³/mol. The van der Waals surface area contributed by atoms with Crippen LogP contribution in [0, 0.1) is 5.82 Å². The molecule has 2 rings (SSSR count). The first-order valence-corrected chi connectivity index (χ1v) is 8.34. The van der Waals surface area contributed by atoms with Crippen LogP contribution in [0.4, 0.5) is 20.6 Å². The molecule has 6 nitrogen and oxygen atoms in total. The Kier molecular flexibility index (Phi) is 6.81. The Hall–Kier alpha value is -1.86. The van der Waals surface area contributed by atoms with Crippen LogP contribution in [0.3, 0.4) is 0 Å². The van der Waals surface area contributed by atoms with Crippen molar-refractivity contribution < 1.29 is 13.9 Å². The van der Waals surface area contributed by atoms with Gasteiger partial charge in [-0.05, 0) is 32.0 Å². The van der Waals surface area contributed by atoms with Gasteiger partial charge in [-0.25, -0.2) is 9.18 Å². The SMILES string of the molecule is CC(C)N(C)c1ccc(NC(=O)NCCN2CCOCC2)cc1F. The molecule has 0 spiro atoms. The molecule has 2 N–H and O–H groups in total. The summed E-state index contributed by atoms with van der Waals surface area (Å²) in [6, 6.07) is 4.60. The van der Waals surface area contributed by atoms with E-state index in [1.54, 1.807) is 12.1 Å². The first-order chi connectivity index (χ1) is 11.5. The molecule has 1 aliphatic heterocycles. The molecule has 1 heterocycles. The van der Waals surface area contributed by atoms with Crippen molar-refractivity contribution in [1.82, 2.24) is 10.2 Å². The predicted octanol–water partition coefficient (Wildman–Crippen LogP) is 2.12. The van der Waals surface area contributed by atoms with Gasteiger partial charge in [0.2, 0.25) is 0 Å². The molecule has 0 aromatic heterocycles. The molecule has 24 heavy (non-hydrogen) atoms. The number of nitrogens with one attached hydrogen (secondary N) is 2. The summed E-state index contributed by atoms with van der Waals surface area (Å²) in [5, 5.41) is 5.45. The van der Waals surface area contributed by atoms with E-state index in [0.717, 1.165) is 32.8 Å². The number of ether oxygens (including phenoxy) is 1. The topological polar surface area (TPSA) is 56.8 Å². The number of amides is 2. The van der Waals surface area contributed by atoms with Crippen LogP contribution in [0.1, 0.15) is 13.8 Å². The summed E-state index contributed by atoms with van der Waals surface area (Å²) >= 11 is 0. The molecule has 0 bridgehead atoms. The minimum Gasteiger partial charge on any atom is -0.379 e. The van der Waals surface area contributed by atoms with Crippen molar-refractivity contribution >= 4 is 17.4 Å². The molecule has 0 radical (unpaired) electrons. The zero-order chi connectivity index (χ0) is 17.5. The number of urea groups is 1. The van der Waals surface area contributed by atoms with Gasteiger partial charge in [0.05, 0.1) is 18.9 Å². The summed E-state index contributed by atoms with van der Waals surface area (Å²) in [6.45, 7) is 8.57. The third kappa shape index (κ3) is 5.35. The van der Waals surface area contributed by atoms with E-state index in [0.29, 0.717) is 17.9 Å². The van der Waals surface area contributed by atoms with Crippen LogP contribution in [-0.2, 0) is 4.74 Å². The Balaban J connectivity index is 1.80. The number of hydrogen-bond donors (Lipinski definition) is 2. The molecule has 0 saturated carbocycles. The standard InChI is InChI=1S/C17H27FN4O2/c1-13(2)21(3)16-5-4-14(12-15(16)18)20-17(23)19-6-7-22-8-10-24-11-9-22/h4-5,12-13H,6-11H2,1-3H3,(H2,19,20,23). The average Bonchev–Trinajstić information content (AvgIpc) is 2.55. The molecule has 2 amide bonds. The Morgan fingerprint density at radius 3 is 2.71 bits per heavy atom. The van der Waals surface area contributed by atoms with Gasteiger partial charge in [0.15, 0.2) is 0 Å². The molecule has 1 fully saturated rings. The van der Waals surface area contributed by atoms with E-state index in [4.69, 9.17) is 4.74 Å². The monoisotopic (exact) mass is 338 g/mol. The molecule has 0 aliphatic carbocycles. The van der Waals surface area contributed by atoms with E-state index in [1.165, 1.54) is 6.07 Å². The van der Waals surface area contributed by atoms with Crippen LogP contribution in [0.25, 0.3) is 0 Å².